The predicted octanol–water partition coefficient (Wildman–Crippen LogP) is 4.95. The maximum absolute atomic E-state index is 9.75. The molecule has 4 atom stereocenters. The second-order valence-electron chi connectivity index (χ2n) is 6.65. The lowest BCUT2D eigenvalue weighted by atomic mass is 9.73. The van der Waals surface area contributed by atoms with E-state index in [0.29, 0.717) is 0 Å². The Morgan fingerprint density at radius 3 is 1.96 bits per heavy atom. The minimum atomic E-state index is 0.149. The molecule has 0 amide bonds. The Balaban J connectivity index is 2.01. The van der Waals surface area contributed by atoms with Gasteiger partial charge in [-0.3, -0.25) is 0 Å². The highest BCUT2D eigenvalue weighted by Crippen LogP contribution is 2.40. The van der Waals surface area contributed by atoms with Gasteiger partial charge >= 0.3 is 0 Å². The minimum Gasteiger partial charge on any atom is -0.411 e. The Labute approximate surface area is 144 Å². The molecule has 0 spiro atoms. The number of nitrogens with zero attached hydrogens (tertiary/aromatic N) is 1. The molecular formula is C21H26N2O. The number of hydrogen-bond donors (Lipinski definition) is 2. The van der Waals surface area contributed by atoms with Gasteiger partial charge in [0, 0.05) is 23.9 Å². The van der Waals surface area contributed by atoms with Crippen molar-refractivity contribution < 1.29 is 5.21 Å². The molecule has 1 fully saturated rings. The summed E-state index contributed by atoms with van der Waals surface area (Å²) in [7, 11) is 0. The molecule has 1 saturated heterocycles. The molecule has 0 radical (unpaired) electrons. The monoisotopic (exact) mass is 322 g/mol. The van der Waals surface area contributed by atoms with Crippen LogP contribution in [0.1, 0.15) is 49.9 Å². The normalized spacial score (nSPS) is 28.8. The molecule has 0 aliphatic carbocycles. The van der Waals surface area contributed by atoms with E-state index in [-0.39, 0.29) is 23.9 Å². The summed E-state index contributed by atoms with van der Waals surface area (Å²) in [5, 5.41) is 17.3. The molecule has 126 valence electrons. The highest BCUT2D eigenvalue weighted by Gasteiger charge is 2.40. The van der Waals surface area contributed by atoms with E-state index in [2.05, 4.69) is 72.9 Å². The lowest BCUT2D eigenvalue weighted by Crippen LogP contribution is -2.47. The van der Waals surface area contributed by atoms with Gasteiger partial charge < -0.3 is 10.5 Å². The Morgan fingerprint density at radius 2 is 1.46 bits per heavy atom. The lowest BCUT2D eigenvalue weighted by molar-refractivity contribution is 0.258. The number of piperidine rings is 1. The maximum Gasteiger partial charge on any atom is 0.0667 e. The number of oxime groups is 1. The quantitative estimate of drug-likeness (QED) is 0.617. The van der Waals surface area contributed by atoms with E-state index in [1.54, 1.807) is 0 Å². The van der Waals surface area contributed by atoms with Crippen LogP contribution in [0, 0.1) is 11.8 Å². The highest BCUT2D eigenvalue weighted by atomic mass is 16.4. The molecule has 3 nitrogen and oxygen atoms in total. The van der Waals surface area contributed by atoms with Crippen molar-refractivity contribution in [1.29, 1.82) is 0 Å². The van der Waals surface area contributed by atoms with Gasteiger partial charge in [-0.15, -0.1) is 0 Å². The van der Waals surface area contributed by atoms with E-state index in [9.17, 15) is 5.21 Å². The van der Waals surface area contributed by atoms with Crippen molar-refractivity contribution in [3.05, 3.63) is 71.8 Å². The first-order chi connectivity index (χ1) is 11.8. The molecule has 2 aromatic rings. The smallest absolute Gasteiger partial charge is 0.0667 e. The first-order valence-corrected chi connectivity index (χ1v) is 8.84. The standard InChI is InChI=1S/C21H26N2O/c1-3-10-18-20(23-24)15(2)19(16-11-6-4-7-12-16)22-21(18)17-13-8-5-9-14-17/h4-9,11-15,18-19,21-22,24H,3,10H2,1-2H3/b23-20+/t15-,18-,19+,21+/m1/s1. The third-order valence-corrected chi connectivity index (χ3v) is 5.14. The van der Waals surface area contributed by atoms with Gasteiger partial charge in [-0.05, 0) is 17.5 Å². The molecule has 3 rings (SSSR count). The summed E-state index contributed by atoms with van der Waals surface area (Å²) in [4.78, 5) is 0. The van der Waals surface area contributed by atoms with Crippen LogP contribution >= 0.6 is 0 Å². The van der Waals surface area contributed by atoms with Crippen LogP contribution in [0.15, 0.2) is 65.8 Å². The van der Waals surface area contributed by atoms with Crippen LogP contribution in [0.3, 0.4) is 0 Å². The van der Waals surface area contributed by atoms with E-state index in [4.69, 9.17) is 0 Å². The van der Waals surface area contributed by atoms with Crippen LogP contribution in [-0.2, 0) is 0 Å². The van der Waals surface area contributed by atoms with E-state index in [1.807, 2.05) is 12.1 Å². The van der Waals surface area contributed by atoms with Crippen molar-refractivity contribution >= 4 is 5.71 Å². The largest absolute Gasteiger partial charge is 0.411 e. The van der Waals surface area contributed by atoms with Crippen LogP contribution in [0.4, 0.5) is 0 Å². The molecule has 1 heterocycles. The first-order valence-electron chi connectivity index (χ1n) is 8.84. The summed E-state index contributed by atoms with van der Waals surface area (Å²) in [6, 6.07) is 21.3. The fourth-order valence-corrected chi connectivity index (χ4v) is 3.96. The SMILES string of the molecule is CCC[C@@H]1/C(=N/O)[C@H](C)[C@@H](c2ccccc2)N[C@H]1c1ccccc1. The van der Waals surface area contributed by atoms with Crippen LogP contribution in [0.2, 0.25) is 0 Å². The van der Waals surface area contributed by atoms with Gasteiger partial charge in [0.25, 0.3) is 0 Å². The Hall–Kier alpha value is -2.13. The van der Waals surface area contributed by atoms with Crippen LogP contribution in [0.25, 0.3) is 0 Å². The van der Waals surface area contributed by atoms with Gasteiger partial charge in [-0.1, -0.05) is 86.1 Å². The summed E-state index contributed by atoms with van der Waals surface area (Å²) >= 11 is 0. The predicted molar refractivity (Wildman–Crippen MR) is 98.3 cm³/mol. The van der Waals surface area contributed by atoms with Crippen LogP contribution < -0.4 is 5.32 Å². The zero-order valence-corrected chi connectivity index (χ0v) is 14.4. The molecule has 2 N–H and O–H groups in total. The summed E-state index contributed by atoms with van der Waals surface area (Å²) < 4.78 is 0. The van der Waals surface area contributed by atoms with Gasteiger partial charge in [-0.25, -0.2) is 0 Å². The highest BCUT2D eigenvalue weighted by molar-refractivity contribution is 5.90. The summed E-state index contributed by atoms with van der Waals surface area (Å²) in [6.07, 6.45) is 2.08. The fourth-order valence-electron chi connectivity index (χ4n) is 3.96. The zero-order valence-electron chi connectivity index (χ0n) is 14.4. The van der Waals surface area contributed by atoms with Gasteiger partial charge in [0.15, 0.2) is 0 Å². The Bertz CT molecular complexity index is 669. The lowest BCUT2D eigenvalue weighted by Gasteiger charge is -2.42. The van der Waals surface area contributed by atoms with Crippen molar-refractivity contribution in [2.75, 3.05) is 0 Å². The van der Waals surface area contributed by atoms with Crippen molar-refractivity contribution in [3.8, 4) is 0 Å². The van der Waals surface area contributed by atoms with Crippen molar-refractivity contribution in [2.45, 2.75) is 38.8 Å². The molecule has 2 aromatic carbocycles. The van der Waals surface area contributed by atoms with E-state index in [1.165, 1.54) is 11.1 Å². The topological polar surface area (TPSA) is 44.6 Å². The summed E-state index contributed by atoms with van der Waals surface area (Å²) in [6.45, 7) is 4.34. The average Bonchev–Trinajstić information content (AvgIpc) is 2.64. The first kappa shape index (κ1) is 16.7. The number of nitrogens with one attached hydrogen (secondary N) is 1. The van der Waals surface area contributed by atoms with Crippen LogP contribution in [-0.4, -0.2) is 10.9 Å². The molecule has 1 aliphatic heterocycles. The van der Waals surface area contributed by atoms with Crippen molar-refractivity contribution in [2.24, 2.45) is 17.0 Å². The number of benzene rings is 2. The molecular weight excluding hydrogens is 296 g/mol. The van der Waals surface area contributed by atoms with Gasteiger partial charge in [-0.2, -0.15) is 0 Å². The van der Waals surface area contributed by atoms with Gasteiger partial charge in [0.2, 0.25) is 0 Å². The molecule has 3 heteroatoms. The van der Waals surface area contributed by atoms with E-state index < -0.39 is 0 Å². The Kier molecular flexibility index (Phi) is 5.31. The second-order valence-corrected chi connectivity index (χ2v) is 6.65. The van der Waals surface area contributed by atoms with Crippen molar-refractivity contribution in [3.63, 3.8) is 0 Å². The molecule has 0 saturated carbocycles. The number of rotatable bonds is 4. The fraction of sp³-hybridized carbons (Fsp3) is 0.381. The van der Waals surface area contributed by atoms with Gasteiger partial charge in [0.05, 0.1) is 5.71 Å². The van der Waals surface area contributed by atoms with E-state index in [0.717, 1.165) is 18.6 Å². The summed E-state index contributed by atoms with van der Waals surface area (Å²) in [5.74, 6) is 0.381. The number of hydrogen-bond acceptors (Lipinski definition) is 3. The zero-order chi connectivity index (χ0) is 16.9. The Morgan fingerprint density at radius 1 is 0.917 bits per heavy atom. The maximum atomic E-state index is 9.75. The summed E-state index contributed by atoms with van der Waals surface area (Å²) in [5.41, 5.74) is 3.41. The van der Waals surface area contributed by atoms with Crippen LogP contribution in [0.5, 0.6) is 0 Å². The van der Waals surface area contributed by atoms with Gasteiger partial charge in [0.1, 0.15) is 0 Å². The average molecular weight is 322 g/mol. The molecule has 0 aromatic heterocycles. The second kappa shape index (κ2) is 7.63. The third kappa shape index (κ3) is 3.22. The molecule has 0 unspecified atom stereocenters. The third-order valence-electron chi connectivity index (χ3n) is 5.14. The minimum absolute atomic E-state index is 0.149. The molecule has 24 heavy (non-hydrogen) atoms. The molecule has 0 bridgehead atoms. The molecule has 1 aliphatic rings. The van der Waals surface area contributed by atoms with Crippen molar-refractivity contribution in [1.82, 2.24) is 5.32 Å². The van der Waals surface area contributed by atoms with E-state index >= 15 is 0 Å².